The van der Waals surface area contributed by atoms with Crippen LogP contribution in [0.15, 0.2) is 54.6 Å². The minimum Gasteiger partial charge on any atom is -0.507 e. The van der Waals surface area contributed by atoms with E-state index in [9.17, 15) is 9.90 Å². The smallest absolute Gasteiger partial charge is 0.150 e. The van der Waals surface area contributed by atoms with Gasteiger partial charge in [0.05, 0.1) is 0 Å². The normalized spacial score (nSPS) is 12.2. The molecule has 0 aromatic heterocycles. The van der Waals surface area contributed by atoms with Crippen LogP contribution in [0.5, 0.6) is 5.75 Å². The number of phenols is 1. The van der Waals surface area contributed by atoms with Gasteiger partial charge in [-0.2, -0.15) is 0 Å². The second kappa shape index (κ2) is 8.63. The highest BCUT2D eigenvalue weighted by Crippen LogP contribution is 2.31. The van der Waals surface area contributed by atoms with E-state index in [1.54, 1.807) is 18.2 Å². The molecule has 0 saturated carbocycles. The number of aromatic hydroxyl groups is 1. The Labute approximate surface area is 150 Å². The molecule has 0 aliphatic rings. The highest BCUT2D eigenvalue weighted by atomic mass is 16.3. The average Bonchev–Trinajstić information content (AvgIpc) is 2.59. The lowest BCUT2D eigenvalue weighted by Gasteiger charge is -2.29. The van der Waals surface area contributed by atoms with E-state index in [4.69, 9.17) is 0 Å². The summed E-state index contributed by atoms with van der Waals surface area (Å²) in [5.74, 6) is 0.182. The standard InChI is InChI=1S/C22H27NO2/c1-16(2)23(17(3)4)13-12-20(19-8-6-5-7-9-19)21-14-18(15-24)10-11-22(21)25/h5-12,14-17,25H,13H2,1-4H3/b20-12-. The van der Waals surface area contributed by atoms with E-state index >= 15 is 0 Å². The predicted octanol–water partition coefficient (Wildman–Crippen LogP) is 4.76. The van der Waals surface area contributed by atoms with Crippen molar-refractivity contribution in [2.45, 2.75) is 39.8 Å². The third-order valence-electron chi connectivity index (χ3n) is 4.36. The first-order chi connectivity index (χ1) is 11.9. The van der Waals surface area contributed by atoms with E-state index in [-0.39, 0.29) is 5.75 Å². The molecule has 0 unspecified atom stereocenters. The van der Waals surface area contributed by atoms with E-state index in [0.717, 1.165) is 24.0 Å². The van der Waals surface area contributed by atoms with Gasteiger partial charge in [-0.25, -0.2) is 0 Å². The molecule has 0 amide bonds. The maximum atomic E-state index is 11.2. The van der Waals surface area contributed by atoms with Crippen molar-refractivity contribution in [2.75, 3.05) is 6.54 Å². The molecule has 0 fully saturated rings. The Morgan fingerprint density at radius 1 is 1.04 bits per heavy atom. The lowest BCUT2D eigenvalue weighted by molar-refractivity contribution is 0.112. The Morgan fingerprint density at radius 2 is 1.68 bits per heavy atom. The lowest BCUT2D eigenvalue weighted by Crippen LogP contribution is -2.37. The molecule has 132 valence electrons. The summed E-state index contributed by atoms with van der Waals surface area (Å²) in [6.45, 7) is 9.49. The van der Waals surface area contributed by atoms with Crippen molar-refractivity contribution in [1.82, 2.24) is 4.90 Å². The highest BCUT2D eigenvalue weighted by molar-refractivity contribution is 5.86. The Balaban J connectivity index is 2.51. The Morgan fingerprint density at radius 3 is 2.24 bits per heavy atom. The summed E-state index contributed by atoms with van der Waals surface area (Å²) < 4.78 is 0. The number of aldehydes is 1. The zero-order valence-corrected chi connectivity index (χ0v) is 15.4. The third kappa shape index (κ3) is 4.80. The van der Waals surface area contributed by atoms with Crippen molar-refractivity contribution < 1.29 is 9.90 Å². The molecule has 0 bridgehead atoms. The fraction of sp³-hybridized carbons (Fsp3) is 0.318. The van der Waals surface area contributed by atoms with Crippen molar-refractivity contribution in [3.63, 3.8) is 0 Å². The van der Waals surface area contributed by atoms with Crippen LogP contribution in [0.25, 0.3) is 5.57 Å². The predicted molar refractivity (Wildman–Crippen MR) is 104 cm³/mol. The second-order valence-electron chi connectivity index (χ2n) is 6.76. The van der Waals surface area contributed by atoms with Crippen LogP contribution in [0.2, 0.25) is 0 Å². The molecule has 2 rings (SSSR count). The van der Waals surface area contributed by atoms with Gasteiger partial charge in [0.15, 0.2) is 0 Å². The molecule has 0 heterocycles. The molecule has 25 heavy (non-hydrogen) atoms. The van der Waals surface area contributed by atoms with Crippen LogP contribution >= 0.6 is 0 Å². The minimum absolute atomic E-state index is 0.182. The molecule has 0 saturated heterocycles. The van der Waals surface area contributed by atoms with E-state index in [2.05, 4.69) is 38.7 Å². The fourth-order valence-electron chi connectivity index (χ4n) is 3.06. The number of rotatable bonds is 7. The van der Waals surface area contributed by atoms with Crippen LogP contribution in [-0.2, 0) is 0 Å². The molecule has 2 aromatic rings. The molecule has 0 spiro atoms. The maximum Gasteiger partial charge on any atom is 0.150 e. The van der Waals surface area contributed by atoms with Gasteiger partial charge < -0.3 is 5.11 Å². The van der Waals surface area contributed by atoms with E-state index in [1.807, 2.05) is 30.3 Å². The lowest BCUT2D eigenvalue weighted by atomic mass is 9.95. The summed E-state index contributed by atoms with van der Waals surface area (Å²) in [7, 11) is 0. The van der Waals surface area contributed by atoms with Crippen LogP contribution < -0.4 is 0 Å². The number of benzene rings is 2. The molecular weight excluding hydrogens is 310 g/mol. The molecular formula is C22H27NO2. The molecule has 2 aromatic carbocycles. The molecule has 0 radical (unpaired) electrons. The molecule has 1 N–H and O–H groups in total. The topological polar surface area (TPSA) is 40.5 Å². The van der Waals surface area contributed by atoms with Gasteiger partial charge in [0.1, 0.15) is 12.0 Å². The summed E-state index contributed by atoms with van der Waals surface area (Å²) in [6.07, 6.45) is 2.94. The average molecular weight is 337 g/mol. The van der Waals surface area contributed by atoms with Crippen LogP contribution in [0.3, 0.4) is 0 Å². The maximum absolute atomic E-state index is 11.2. The van der Waals surface area contributed by atoms with Crippen LogP contribution in [0.4, 0.5) is 0 Å². The molecule has 0 aliphatic carbocycles. The van der Waals surface area contributed by atoms with E-state index in [0.29, 0.717) is 23.2 Å². The number of hydrogen-bond acceptors (Lipinski definition) is 3. The number of phenolic OH excluding ortho intramolecular Hbond substituents is 1. The Hall–Kier alpha value is -2.39. The summed E-state index contributed by atoms with van der Waals surface area (Å²) in [4.78, 5) is 13.5. The monoisotopic (exact) mass is 337 g/mol. The van der Waals surface area contributed by atoms with Gasteiger partial charge in [0.25, 0.3) is 0 Å². The van der Waals surface area contributed by atoms with Gasteiger partial charge in [-0.3, -0.25) is 9.69 Å². The van der Waals surface area contributed by atoms with Crippen LogP contribution in [-0.4, -0.2) is 34.9 Å². The van der Waals surface area contributed by atoms with Gasteiger partial charge in [0, 0.05) is 29.8 Å². The van der Waals surface area contributed by atoms with Gasteiger partial charge in [-0.1, -0.05) is 36.4 Å². The largest absolute Gasteiger partial charge is 0.507 e. The summed E-state index contributed by atoms with van der Waals surface area (Å²) in [6, 6.07) is 15.8. The van der Waals surface area contributed by atoms with Crippen molar-refractivity contribution in [3.05, 3.63) is 71.3 Å². The molecule has 3 heteroatoms. The molecule has 0 atom stereocenters. The molecule has 0 aliphatic heterocycles. The summed E-state index contributed by atoms with van der Waals surface area (Å²) in [5.41, 5.74) is 3.20. The Kier molecular flexibility index (Phi) is 6.54. The zero-order chi connectivity index (χ0) is 18.4. The first-order valence-electron chi connectivity index (χ1n) is 8.74. The van der Waals surface area contributed by atoms with Crippen molar-refractivity contribution in [2.24, 2.45) is 0 Å². The first kappa shape index (κ1) is 18.9. The van der Waals surface area contributed by atoms with Gasteiger partial charge in [-0.15, -0.1) is 0 Å². The summed E-state index contributed by atoms with van der Waals surface area (Å²) >= 11 is 0. The van der Waals surface area contributed by atoms with Crippen molar-refractivity contribution in [1.29, 1.82) is 0 Å². The quantitative estimate of drug-likeness (QED) is 0.741. The van der Waals surface area contributed by atoms with Gasteiger partial charge in [-0.05, 0) is 57.0 Å². The van der Waals surface area contributed by atoms with Crippen molar-refractivity contribution in [3.8, 4) is 5.75 Å². The van der Waals surface area contributed by atoms with E-state index in [1.165, 1.54) is 0 Å². The zero-order valence-electron chi connectivity index (χ0n) is 15.4. The van der Waals surface area contributed by atoms with Gasteiger partial charge >= 0.3 is 0 Å². The highest BCUT2D eigenvalue weighted by Gasteiger charge is 2.15. The Bertz CT molecular complexity index is 725. The number of carbonyl (C=O) groups excluding carboxylic acids is 1. The number of nitrogens with zero attached hydrogens (tertiary/aromatic N) is 1. The number of carbonyl (C=O) groups is 1. The minimum atomic E-state index is 0.182. The van der Waals surface area contributed by atoms with Gasteiger partial charge in [0.2, 0.25) is 0 Å². The molecule has 3 nitrogen and oxygen atoms in total. The van der Waals surface area contributed by atoms with Crippen LogP contribution in [0.1, 0.15) is 49.2 Å². The first-order valence-corrected chi connectivity index (χ1v) is 8.74. The number of hydrogen-bond donors (Lipinski definition) is 1. The second-order valence-corrected chi connectivity index (χ2v) is 6.76. The summed E-state index contributed by atoms with van der Waals surface area (Å²) in [5, 5.41) is 10.4. The van der Waals surface area contributed by atoms with Crippen molar-refractivity contribution >= 4 is 11.9 Å². The van der Waals surface area contributed by atoms with Crippen LogP contribution in [0, 0.1) is 0 Å². The third-order valence-corrected chi connectivity index (χ3v) is 4.36. The SMILES string of the molecule is CC(C)N(C/C=C(/c1ccccc1)c1cc(C=O)ccc1O)C(C)C. The fourth-order valence-corrected chi connectivity index (χ4v) is 3.06. The van der Waals surface area contributed by atoms with E-state index < -0.39 is 0 Å².